The van der Waals surface area contributed by atoms with Crippen LogP contribution < -0.4 is 5.32 Å². The van der Waals surface area contributed by atoms with E-state index in [2.05, 4.69) is 67.8 Å². The molecule has 4 nitrogen and oxygen atoms in total. The molecule has 8 atom stereocenters. The molecule has 2 N–H and O–H groups in total. The van der Waals surface area contributed by atoms with E-state index in [1.165, 1.54) is 11.3 Å². The zero-order valence-corrected chi connectivity index (χ0v) is 18.3. The van der Waals surface area contributed by atoms with Gasteiger partial charge in [0.1, 0.15) is 6.17 Å². The predicted molar refractivity (Wildman–Crippen MR) is 124 cm³/mol. The molecule has 2 heterocycles. The molecule has 0 saturated carbocycles. The van der Waals surface area contributed by atoms with Gasteiger partial charge < -0.3 is 9.84 Å². The van der Waals surface area contributed by atoms with E-state index in [-0.39, 0.29) is 29.7 Å². The van der Waals surface area contributed by atoms with Crippen LogP contribution in [-0.2, 0) is 4.74 Å². The molecule has 5 rings (SSSR count). The second kappa shape index (κ2) is 8.46. The minimum absolute atomic E-state index is 0.0545. The van der Waals surface area contributed by atoms with Crippen LogP contribution in [0.2, 0.25) is 0 Å². The van der Waals surface area contributed by atoms with E-state index < -0.39 is 6.10 Å². The molecule has 0 aromatic carbocycles. The van der Waals surface area contributed by atoms with E-state index in [9.17, 15) is 5.11 Å². The summed E-state index contributed by atoms with van der Waals surface area (Å²) in [6, 6.07) is 0. The molecular weight excluding hydrogens is 392 g/mol. The van der Waals surface area contributed by atoms with Crippen molar-refractivity contribution in [3.05, 3.63) is 72.4 Å². The summed E-state index contributed by atoms with van der Waals surface area (Å²) >= 11 is 1.94. The fraction of sp³-hybridized carbons (Fsp3) is 0.480. The van der Waals surface area contributed by atoms with Gasteiger partial charge in [-0.05, 0) is 5.57 Å². The van der Waals surface area contributed by atoms with Gasteiger partial charge in [0.15, 0.2) is 0 Å². The average molecular weight is 423 g/mol. The van der Waals surface area contributed by atoms with Gasteiger partial charge in [-0.25, -0.2) is 0 Å². The van der Waals surface area contributed by atoms with Crippen LogP contribution in [0.25, 0.3) is 0 Å². The maximum Gasteiger partial charge on any atom is 0.110 e. The Morgan fingerprint density at radius 2 is 1.73 bits per heavy atom. The van der Waals surface area contributed by atoms with Crippen molar-refractivity contribution in [3.8, 4) is 0 Å². The number of hydrogen-bond donors (Lipinski definition) is 2. The molecule has 8 unspecified atom stereocenters. The third-order valence-corrected chi connectivity index (χ3v) is 7.63. The number of nitrogens with zero attached hydrogens (tertiary/aromatic N) is 1. The molecule has 0 spiro atoms. The molecule has 0 aromatic heterocycles. The Balaban J connectivity index is 1.47. The zero-order chi connectivity index (χ0) is 20.7. The van der Waals surface area contributed by atoms with Gasteiger partial charge in [-0.15, -0.1) is 11.8 Å². The number of ether oxygens (including phenoxy) is 1. The third kappa shape index (κ3) is 3.84. The highest BCUT2D eigenvalue weighted by Gasteiger charge is 2.46. The molecule has 1 saturated heterocycles. The molecule has 0 aromatic rings. The Morgan fingerprint density at radius 3 is 2.53 bits per heavy atom. The lowest BCUT2D eigenvalue weighted by molar-refractivity contribution is 0.0879. The minimum atomic E-state index is -0.515. The summed E-state index contributed by atoms with van der Waals surface area (Å²) in [6.07, 6.45) is 23.6. The fourth-order valence-corrected chi connectivity index (χ4v) is 6.29. The van der Waals surface area contributed by atoms with Crippen molar-refractivity contribution in [3.63, 3.8) is 0 Å². The maximum absolute atomic E-state index is 10.6. The van der Waals surface area contributed by atoms with Gasteiger partial charge in [0.2, 0.25) is 0 Å². The molecule has 5 aliphatic rings. The van der Waals surface area contributed by atoms with Gasteiger partial charge in [-0.3, -0.25) is 10.3 Å². The van der Waals surface area contributed by atoms with Gasteiger partial charge in [0.05, 0.1) is 23.7 Å². The summed E-state index contributed by atoms with van der Waals surface area (Å²) in [4.78, 5) is 5.18. The summed E-state index contributed by atoms with van der Waals surface area (Å²) < 4.78 is 6.34. The van der Waals surface area contributed by atoms with Crippen molar-refractivity contribution in [1.82, 2.24) is 5.32 Å². The summed E-state index contributed by atoms with van der Waals surface area (Å²) in [7, 11) is 0. The molecule has 0 amide bonds. The standard InChI is InChI=1S/C25H30N2O2S/c1-15(2)30-23-14-19(26-25(27-23)17-8-3-5-11-20(17)28)16-10-7-13-22-24(16)18-9-4-6-12-21(18)29-22/h3-13,15,17-18,20-25,27-28H,14H2,1-2H3. The molecule has 5 heteroatoms. The van der Waals surface area contributed by atoms with E-state index in [0.29, 0.717) is 17.1 Å². The van der Waals surface area contributed by atoms with Crippen LogP contribution in [0.5, 0.6) is 0 Å². The number of fused-ring (bicyclic) bond motifs is 3. The van der Waals surface area contributed by atoms with Gasteiger partial charge in [-0.1, -0.05) is 80.7 Å². The van der Waals surface area contributed by atoms with Crippen LogP contribution in [0.3, 0.4) is 0 Å². The van der Waals surface area contributed by atoms with Gasteiger partial charge in [-0.2, -0.15) is 0 Å². The van der Waals surface area contributed by atoms with E-state index >= 15 is 0 Å². The Morgan fingerprint density at radius 1 is 1.00 bits per heavy atom. The van der Waals surface area contributed by atoms with Crippen LogP contribution in [0.4, 0.5) is 0 Å². The van der Waals surface area contributed by atoms with Crippen LogP contribution in [0, 0.1) is 17.8 Å². The number of aliphatic hydroxyl groups is 1. The quantitative estimate of drug-likeness (QED) is 0.721. The zero-order valence-electron chi connectivity index (χ0n) is 17.5. The summed E-state index contributed by atoms with van der Waals surface area (Å²) in [5, 5.41) is 15.1. The Hall–Kier alpha value is -1.66. The second-order valence-corrected chi connectivity index (χ2v) is 10.6. The van der Waals surface area contributed by atoms with E-state index in [0.717, 1.165) is 6.42 Å². The predicted octanol–water partition coefficient (Wildman–Crippen LogP) is 3.94. The van der Waals surface area contributed by atoms with Gasteiger partial charge >= 0.3 is 0 Å². The number of rotatable bonds is 4. The Bertz CT molecular complexity index is 882. The van der Waals surface area contributed by atoms with E-state index in [1.807, 2.05) is 30.0 Å². The first-order valence-electron chi connectivity index (χ1n) is 11.0. The van der Waals surface area contributed by atoms with Crippen molar-refractivity contribution in [1.29, 1.82) is 0 Å². The minimum Gasteiger partial charge on any atom is -0.388 e. The number of hydrogen-bond acceptors (Lipinski definition) is 5. The first-order valence-corrected chi connectivity index (χ1v) is 11.9. The highest BCUT2D eigenvalue weighted by atomic mass is 32.2. The number of aliphatic imine (C=N–C) groups is 1. The Labute approximate surface area is 183 Å². The van der Waals surface area contributed by atoms with Crippen molar-refractivity contribution < 1.29 is 9.84 Å². The van der Waals surface area contributed by atoms with Crippen LogP contribution >= 0.6 is 11.8 Å². The van der Waals surface area contributed by atoms with Gasteiger partial charge in [0, 0.05) is 35.1 Å². The molecule has 1 fully saturated rings. The molecule has 2 aliphatic heterocycles. The SMILES string of the molecule is CC(C)SC1CC(C2=CC=CC3OC4C=CC=CC4C23)=NC(C2C=CC=CC2O)N1. The van der Waals surface area contributed by atoms with Crippen molar-refractivity contribution >= 4 is 17.5 Å². The monoisotopic (exact) mass is 422 g/mol. The number of thioether (sulfide) groups is 1. The summed E-state index contributed by atoms with van der Waals surface area (Å²) in [5.41, 5.74) is 2.47. The first-order chi connectivity index (χ1) is 14.6. The van der Waals surface area contributed by atoms with Crippen molar-refractivity contribution in [2.75, 3.05) is 0 Å². The van der Waals surface area contributed by atoms with Crippen LogP contribution in [-0.4, -0.2) is 45.9 Å². The lowest BCUT2D eigenvalue weighted by Gasteiger charge is -2.37. The molecule has 158 valence electrons. The van der Waals surface area contributed by atoms with E-state index in [4.69, 9.17) is 9.73 Å². The maximum atomic E-state index is 10.6. The molecule has 3 aliphatic carbocycles. The molecule has 0 radical (unpaired) electrons. The van der Waals surface area contributed by atoms with Gasteiger partial charge in [0.25, 0.3) is 0 Å². The average Bonchev–Trinajstić information content (AvgIpc) is 3.12. The van der Waals surface area contributed by atoms with Crippen LogP contribution in [0.1, 0.15) is 20.3 Å². The third-order valence-electron chi connectivity index (χ3n) is 6.45. The highest BCUT2D eigenvalue weighted by Crippen LogP contribution is 2.44. The molecule has 30 heavy (non-hydrogen) atoms. The second-order valence-electron chi connectivity index (χ2n) is 8.85. The number of aliphatic hydroxyl groups excluding tert-OH is 1. The lowest BCUT2D eigenvalue weighted by Crippen LogP contribution is -2.49. The highest BCUT2D eigenvalue weighted by molar-refractivity contribution is 8.00. The summed E-state index contributed by atoms with van der Waals surface area (Å²) in [5.74, 6) is 0.600. The number of nitrogens with one attached hydrogen (secondary N) is 1. The summed E-state index contributed by atoms with van der Waals surface area (Å²) in [6.45, 7) is 4.47. The Kier molecular flexibility index (Phi) is 5.71. The van der Waals surface area contributed by atoms with E-state index in [1.54, 1.807) is 0 Å². The topological polar surface area (TPSA) is 53.9 Å². The smallest absolute Gasteiger partial charge is 0.110 e. The molecule has 0 bridgehead atoms. The number of allylic oxidation sites excluding steroid dienone is 6. The van der Waals surface area contributed by atoms with Crippen LogP contribution in [0.15, 0.2) is 77.4 Å². The lowest BCUT2D eigenvalue weighted by atomic mass is 9.75. The first kappa shape index (κ1) is 20.3. The van der Waals surface area contributed by atoms with Crippen molar-refractivity contribution in [2.24, 2.45) is 22.7 Å². The van der Waals surface area contributed by atoms with Crippen molar-refractivity contribution in [2.45, 2.75) is 55.4 Å². The molecular formula is C25H30N2O2S. The normalized spacial score (nSPS) is 41.6. The largest absolute Gasteiger partial charge is 0.388 e. The fourth-order valence-electron chi connectivity index (χ4n) is 5.16.